The fourth-order valence-electron chi connectivity index (χ4n) is 4.67. The van der Waals surface area contributed by atoms with Gasteiger partial charge in [0.1, 0.15) is 12.6 Å². The minimum absolute atomic E-state index is 0.123. The van der Waals surface area contributed by atoms with Crippen LogP contribution >= 0.6 is 0 Å². The molecule has 0 bridgehead atoms. The van der Waals surface area contributed by atoms with Gasteiger partial charge in [0.25, 0.3) is 0 Å². The fourth-order valence-corrected chi connectivity index (χ4v) is 4.67. The number of ether oxygens (including phenoxy) is 1. The Hall–Kier alpha value is -4.95. The van der Waals surface area contributed by atoms with Crippen molar-refractivity contribution in [2.75, 3.05) is 6.61 Å². The number of nitrogens with one attached hydrogen (secondary N) is 2. The molecule has 2 aromatic heterocycles. The van der Waals surface area contributed by atoms with E-state index in [-0.39, 0.29) is 25.5 Å². The molecule has 8 heteroatoms. The standard InChI is InChI=1S/C33H32N4O4/c38-21-30(17-29-19-34-23-35-29)36-33(40)31(18-32(39)41-22-24-7-3-1-4-8-24)37-16-15-28(20-37)27-13-11-26(12-14-27)25-9-5-2-6-10-25/h1-16,19-20,23,30-31,38H,17-18,21-22H2,(H,34,35)(H,36,40)/t30-,31+/m0/s1. The molecule has 1 amide bonds. The molecule has 0 unspecified atom stereocenters. The number of aliphatic hydroxyl groups is 1. The van der Waals surface area contributed by atoms with E-state index in [2.05, 4.69) is 39.6 Å². The van der Waals surface area contributed by atoms with E-state index < -0.39 is 18.1 Å². The number of hydrogen-bond acceptors (Lipinski definition) is 5. The molecule has 8 nitrogen and oxygen atoms in total. The van der Waals surface area contributed by atoms with Gasteiger partial charge in [0.15, 0.2) is 0 Å². The lowest BCUT2D eigenvalue weighted by Gasteiger charge is -2.22. The molecule has 0 fully saturated rings. The molecule has 3 aromatic carbocycles. The molecular formula is C33H32N4O4. The average molecular weight is 549 g/mol. The zero-order valence-electron chi connectivity index (χ0n) is 22.5. The molecule has 0 aliphatic carbocycles. The molecule has 2 heterocycles. The molecule has 208 valence electrons. The number of aromatic nitrogens is 3. The number of aliphatic hydroxyl groups excluding tert-OH is 1. The van der Waals surface area contributed by atoms with Gasteiger partial charge in [0, 0.05) is 30.7 Å². The quantitative estimate of drug-likeness (QED) is 0.191. The second kappa shape index (κ2) is 13.4. The Bertz CT molecular complexity index is 1530. The third-order valence-electron chi connectivity index (χ3n) is 6.89. The highest BCUT2D eigenvalue weighted by atomic mass is 16.5. The maximum absolute atomic E-state index is 13.5. The van der Waals surface area contributed by atoms with E-state index in [4.69, 9.17) is 4.74 Å². The van der Waals surface area contributed by atoms with Gasteiger partial charge >= 0.3 is 5.97 Å². The van der Waals surface area contributed by atoms with Crippen molar-refractivity contribution < 1.29 is 19.4 Å². The number of H-pyrrole nitrogens is 1. The second-order valence-corrected chi connectivity index (χ2v) is 9.83. The van der Waals surface area contributed by atoms with Crippen LogP contribution in [0.5, 0.6) is 0 Å². The zero-order valence-corrected chi connectivity index (χ0v) is 22.5. The number of aromatic amines is 1. The van der Waals surface area contributed by atoms with Crippen LogP contribution in [0.25, 0.3) is 22.3 Å². The molecule has 0 aliphatic heterocycles. The molecule has 3 N–H and O–H groups in total. The number of benzene rings is 3. The summed E-state index contributed by atoms with van der Waals surface area (Å²) in [6.45, 7) is -0.140. The van der Waals surface area contributed by atoms with Gasteiger partial charge in [-0.15, -0.1) is 0 Å². The summed E-state index contributed by atoms with van der Waals surface area (Å²) in [4.78, 5) is 33.4. The number of nitrogens with zero attached hydrogens (tertiary/aromatic N) is 2. The van der Waals surface area contributed by atoms with Crippen LogP contribution < -0.4 is 5.32 Å². The van der Waals surface area contributed by atoms with Gasteiger partial charge in [-0.05, 0) is 33.9 Å². The van der Waals surface area contributed by atoms with Gasteiger partial charge < -0.3 is 24.7 Å². The van der Waals surface area contributed by atoms with Gasteiger partial charge in [-0.2, -0.15) is 0 Å². The molecule has 0 saturated heterocycles. The molecular weight excluding hydrogens is 516 g/mol. The summed E-state index contributed by atoms with van der Waals surface area (Å²) in [5.74, 6) is -0.882. The van der Waals surface area contributed by atoms with E-state index >= 15 is 0 Å². The van der Waals surface area contributed by atoms with E-state index in [0.29, 0.717) is 6.42 Å². The van der Waals surface area contributed by atoms with Gasteiger partial charge in [-0.1, -0.05) is 84.9 Å². The molecule has 5 aromatic rings. The number of rotatable bonds is 12. The Morgan fingerprint density at radius 2 is 1.54 bits per heavy atom. The Morgan fingerprint density at radius 1 is 0.878 bits per heavy atom. The molecule has 0 aliphatic rings. The van der Waals surface area contributed by atoms with Crippen LogP contribution in [0.4, 0.5) is 0 Å². The van der Waals surface area contributed by atoms with Crippen molar-refractivity contribution in [1.82, 2.24) is 19.9 Å². The summed E-state index contributed by atoms with van der Waals surface area (Å²) in [7, 11) is 0. The van der Waals surface area contributed by atoms with Crippen LogP contribution in [0.1, 0.15) is 23.7 Å². The Balaban J connectivity index is 1.33. The van der Waals surface area contributed by atoms with E-state index in [0.717, 1.165) is 33.5 Å². The number of carbonyl (C=O) groups excluding carboxylic acids is 2. The number of amides is 1. The van der Waals surface area contributed by atoms with Crippen molar-refractivity contribution in [3.05, 3.63) is 127 Å². The van der Waals surface area contributed by atoms with Gasteiger partial charge in [0.05, 0.1) is 25.4 Å². The first-order valence-corrected chi connectivity index (χ1v) is 13.5. The summed E-state index contributed by atoms with van der Waals surface area (Å²) in [5.41, 5.74) is 5.79. The van der Waals surface area contributed by atoms with Crippen molar-refractivity contribution in [2.45, 2.75) is 31.5 Å². The van der Waals surface area contributed by atoms with Crippen LogP contribution in [0.3, 0.4) is 0 Å². The third-order valence-corrected chi connectivity index (χ3v) is 6.89. The largest absolute Gasteiger partial charge is 0.461 e. The number of carbonyl (C=O) groups is 2. The first-order valence-electron chi connectivity index (χ1n) is 13.5. The maximum atomic E-state index is 13.5. The summed E-state index contributed by atoms with van der Waals surface area (Å²) in [5, 5.41) is 12.8. The normalized spacial score (nSPS) is 12.4. The monoisotopic (exact) mass is 548 g/mol. The minimum atomic E-state index is -0.869. The topological polar surface area (TPSA) is 109 Å². The smallest absolute Gasteiger partial charge is 0.308 e. The van der Waals surface area contributed by atoms with Crippen LogP contribution in [0, 0.1) is 0 Å². The molecule has 5 rings (SSSR count). The number of hydrogen-bond donors (Lipinski definition) is 3. The average Bonchev–Trinajstić information content (AvgIpc) is 3.72. The summed E-state index contributed by atoms with van der Waals surface area (Å²) >= 11 is 0. The van der Waals surface area contributed by atoms with Crippen molar-refractivity contribution >= 4 is 11.9 Å². The van der Waals surface area contributed by atoms with Crippen LogP contribution in [-0.2, 0) is 27.4 Å². The zero-order chi connectivity index (χ0) is 28.4. The lowest BCUT2D eigenvalue weighted by molar-refractivity contribution is -0.147. The highest BCUT2D eigenvalue weighted by Gasteiger charge is 2.27. The SMILES string of the molecule is O=C(C[C@H](C(=O)N[C@H](CO)Cc1cnc[nH]1)n1ccc(-c2ccc(-c3ccccc3)cc2)c1)OCc1ccccc1. The second-order valence-electron chi connectivity index (χ2n) is 9.83. The van der Waals surface area contributed by atoms with E-state index in [1.807, 2.05) is 72.9 Å². The Morgan fingerprint density at radius 3 is 2.20 bits per heavy atom. The highest BCUT2D eigenvalue weighted by molar-refractivity contribution is 5.85. The van der Waals surface area contributed by atoms with Gasteiger partial charge in [-0.25, -0.2) is 4.98 Å². The fraction of sp³-hybridized carbons (Fsp3) is 0.182. The van der Waals surface area contributed by atoms with E-state index in [1.54, 1.807) is 23.3 Å². The minimum Gasteiger partial charge on any atom is -0.461 e. The predicted octanol–water partition coefficient (Wildman–Crippen LogP) is 4.94. The number of imidazole rings is 1. The van der Waals surface area contributed by atoms with Crippen molar-refractivity contribution in [1.29, 1.82) is 0 Å². The lowest BCUT2D eigenvalue weighted by atomic mass is 10.0. The maximum Gasteiger partial charge on any atom is 0.308 e. The first-order chi connectivity index (χ1) is 20.1. The van der Waals surface area contributed by atoms with Crippen LogP contribution in [-0.4, -0.2) is 44.2 Å². The van der Waals surface area contributed by atoms with Crippen molar-refractivity contribution in [3.63, 3.8) is 0 Å². The lowest BCUT2D eigenvalue weighted by Crippen LogP contribution is -2.43. The molecule has 41 heavy (non-hydrogen) atoms. The number of esters is 1. The van der Waals surface area contributed by atoms with Crippen molar-refractivity contribution in [2.24, 2.45) is 0 Å². The van der Waals surface area contributed by atoms with E-state index in [1.165, 1.54) is 0 Å². The molecule has 0 spiro atoms. The van der Waals surface area contributed by atoms with Crippen LogP contribution in [0.2, 0.25) is 0 Å². The van der Waals surface area contributed by atoms with Gasteiger partial charge in [0.2, 0.25) is 5.91 Å². The van der Waals surface area contributed by atoms with Crippen molar-refractivity contribution in [3.8, 4) is 22.3 Å². The highest BCUT2D eigenvalue weighted by Crippen LogP contribution is 2.27. The Labute approximate surface area is 238 Å². The predicted molar refractivity (Wildman–Crippen MR) is 157 cm³/mol. The molecule has 2 atom stereocenters. The Kier molecular flexibility index (Phi) is 9.03. The third kappa shape index (κ3) is 7.38. The van der Waals surface area contributed by atoms with Crippen LogP contribution in [0.15, 0.2) is 116 Å². The van der Waals surface area contributed by atoms with E-state index in [9.17, 15) is 14.7 Å². The van der Waals surface area contributed by atoms with Gasteiger partial charge in [-0.3, -0.25) is 9.59 Å². The summed E-state index contributed by atoms with van der Waals surface area (Å²) < 4.78 is 7.22. The summed E-state index contributed by atoms with van der Waals surface area (Å²) in [6.07, 6.45) is 7.05. The molecule has 0 radical (unpaired) electrons. The summed E-state index contributed by atoms with van der Waals surface area (Å²) in [6, 6.07) is 28.2. The first kappa shape index (κ1) is 27.6. The molecule has 0 saturated carbocycles.